The lowest BCUT2D eigenvalue weighted by molar-refractivity contribution is -0.133. The molecule has 0 unspecified atom stereocenters. The largest absolute Gasteiger partial charge is 0.363 e. The molecule has 2 aromatic heterocycles. The van der Waals surface area contributed by atoms with Crippen LogP contribution in [0.4, 0.5) is 0 Å². The van der Waals surface area contributed by atoms with Gasteiger partial charge in [-0.15, -0.1) is 0 Å². The predicted molar refractivity (Wildman–Crippen MR) is 88.5 cm³/mol. The smallest absolute Gasteiger partial charge is 0.269 e. The van der Waals surface area contributed by atoms with Gasteiger partial charge in [0.25, 0.3) is 5.91 Å². The average Bonchev–Trinajstić information content (AvgIpc) is 3.08. The van der Waals surface area contributed by atoms with Crippen LogP contribution in [0.3, 0.4) is 0 Å². The summed E-state index contributed by atoms with van der Waals surface area (Å²) in [5, 5.41) is 15.1. The quantitative estimate of drug-likeness (QED) is 0.864. The van der Waals surface area contributed by atoms with Crippen molar-refractivity contribution in [2.75, 3.05) is 13.1 Å². The summed E-state index contributed by atoms with van der Waals surface area (Å²) < 4.78 is 0. The molecule has 1 amide bonds. The number of nitrogens with zero attached hydrogens (tertiary/aromatic N) is 5. The second-order valence-corrected chi connectivity index (χ2v) is 6.35. The standard InChI is InChI=1S/C17H20N6O/c1-12-17(24)22(7-8-23(12)15-3-2-4-15)11-14-5-6-16(21-20-14)13-9-18-19-10-13/h5-6,9-10,15H,1-4,7-8,11H2,(H,18,19). The molecule has 2 aromatic rings. The van der Waals surface area contributed by atoms with Gasteiger partial charge in [-0.2, -0.15) is 15.3 Å². The molecule has 0 spiro atoms. The van der Waals surface area contributed by atoms with Gasteiger partial charge in [0.15, 0.2) is 0 Å². The molecule has 124 valence electrons. The first kappa shape index (κ1) is 14.9. The molecule has 24 heavy (non-hydrogen) atoms. The lowest BCUT2D eigenvalue weighted by Crippen LogP contribution is -2.52. The molecule has 7 nitrogen and oxygen atoms in total. The zero-order chi connectivity index (χ0) is 16.5. The summed E-state index contributed by atoms with van der Waals surface area (Å²) in [5.41, 5.74) is 3.06. The summed E-state index contributed by atoms with van der Waals surface area (Å²) in [6.07, 6.45) is 7.08. The van der Waals surface area contributed by atoms with E-state index in [0.717, 1.165) is 23.5 Å². The Bertz CT molecular complexity index is 735. The Labute approximate surface area is 140 Å². The fourth-order valence-corrected chi connectivity index (χ4v) is 3.21. The Hall–Kier alpha value is -2.70. The van der Waals surface area contributed by atoms with E-state index in [1.807, 2.05) is 12.1 Å². The first-order chi connectivity index (χ1) is 11.7. The highest BCUT2D eigenvalue weighted by atomic mass is 16.2. The summed E-state index contributed by atoms with van der Waals surface area (Å²) in [7, 11) is 0. The predicted octanol–water partition coefficient (Wildman–Crippen LogP) is 1.58. The lowest BCUT2D eigenvalue weighted by Gasteiger charge is -2.44. The number of hydrogen-bond acceptors (Lipinski definition) is 5. The van der Waals surface area contributed by atoms with Crippen LogP contribution in [-0.2, 0) is 11.3 Å². The Balaban J connectivity index is 1.42. The number of carbonyl (C=O) groups excluding carboxylic acids is 1. The minimum atomic E-state index is 0.00820. The van der Waals surface area contributed by atoms with Crippen LogP contribution in [0.5, 0.6) is 0 Å². The summed E-state index contributed by atoms with van der Waals surface area (Å²) >= 11 is 0. The normalized spacial score (nSPS) is 18.8. The van der Waals surface area contributed by atoms with Crippen molar-refractivity contribution in [2.24, 2.45) is 0 Å². The minimum Gasteiger partial charge on any atom is -0.363 e. The van der Waals surface area contributed by atoms with Crippen LogP contribution in [-0.4, -0.2) is 55.2 Å². The van der Waals surface area contributed by atoms with Crippen molar-refractivity contribution in [1.82, 2.24) is 30.2 Å². The second-order valence-electron chi connectivity index (χ2n) is 6.35. The molecule has 0 radical (unpaired) electrons. The van der Waals surface area contributed by atoms with Gasteiger partial charge in [-0.25, -0.2) is 0 Å². The Kier molecular flexibility index (Phi) is 3.76. The highest BCUT2D eigenvalue weighted by Crippen LogP contribution is 2.29. The number of rotatable bonds is 4. The third-order valence-electron chi connectivity index (χ3n) is 4.87. The van der Waals surface area contributed by atoms with E-state index in [9.17, 15) is 4.79 Å². The monoisotopic (exact) mass is 324 g/mol. The molecule has 2 aliphatic rings. The van der Waals surface area contributed by atoms with Gasteiger partial charge in [-0.3, -0.25) is 9.89 Å². The Morgan fingerprint density at radius 2 is 2.12 bits per heavy atom. The number of amides is 1. The SMILES string of the molecule is C=C1C(=O)N(Cc2ccc(-c3cn[nH]c3)nn2)CCN1C1CCC1. The first-order valence-corrected chi connectivity index (χ1v) is 8.29. The van der Waals surface area contributed by atoms with Crippen LogP contribution in [0.1, 0.15) is 25.0 Å². The van der Waals surface area contributed by atoms with E-state index < -0.39 is 0 Å². The summed E-state index contributed by atoms with van der Waals surface area (Å²) in [5.74, 6) is 0.00820. The van der Waals surface area contributed by atoms with E-state index in [2.05, 4.69) is 31.9 Å². The third kappa shape index (κ3) is 2.66. The zero-order valence-electron chi connectivity index (χ0n) is 13.5. The Morgan fingerprint density at radius 1 is 1.25 bits per heavy atom. The van der Waals surface area contributed by atoms with E-state index in [1.54, 1.807) is 17.3 Å². The molecule has 1 aliphatic carbocycles. The molecule has 0 aromatic carbocycles. The van der Waals surface area contributed by atoms with Gasteiger partial charge in [-0.1, -0.05) is 6.58 Å². The lowest BCUT2D eigenvalue weighted by atomic mass is 9.90. The van der Waals surface area contributed by atoms with E-state index >= 15 is 0 Å². The molecule has 4 rings (SSSR count). The molecule has 0 bridgehead atoms. The van der Waals surface area contributed by atoms with Crippen molar-refractivity contribution >= 4 is 5.91 Å². The molecule has 2 fully saturated rings. The third-order valence-corrected chi connectivity index (χ3v) is 4.87. The van der Waals surface area contributed by atoms with Crippen molar-refractivity contribution in [3.63, 3.8) is 0 Å². The molecular formula is C17H20N6O. The van der Waals surface area contributed by atoms with Gasteiger partial charge in [0.05, 0.1) is 29.8 Å². The number of hydrogen-bond donors (Lipinski definition) is 1. The summed E-state index contributed by atoms with van der Waals surface area (Å²) in [4.78, 5) is 16.5. The summed E-state index contributed by atoms with van der Waals surface area (Å²) in [6, 6.07) is 4.32. The van der Waals surface area contributed by atoms with Crippen molar-refractivity contribution < 1.29 is 4.79 Å². The molecule has 3 heterocycles. The molecule has 0 atom stereocenters. The Morgan fingerprint density at radius 3 is 2.75 bits per heavy atom. The zero-order valence-corrected chi connectivity index (χ0v) is 13.5. The molecule has 7 heteroatoms. The van der Waals surface area contributed by atoms with E-state index in [1.165, 1.54) is 19.3 Å². The van der Waals surface area contributed by atoms with Crippen molar-refractivity contribution in [1.29, 1.82) is 0 Å². The molecule has 1 aliphatic heterocycles. The number of H-pyrrole nitrogens is 1. The van der Waals surface area contributed by atoms with Crippen LogP contribution in [0.15, 0.2) is 36.8 Å². The summed E-state index contributed by atoms with van der Waals surface area (Å²) in [6.45, 7) is 6.04. The van der Waals surface area contributed by atoms with Crippen molar-refractivity contribution in [3.8, 4) is 11.3 Å². The number of nitrogens with one attached hydrogen (secondary N) is 1. The van der Waals surface area contributed by atoms with Crippen LogP contribution in [0, 0.1) is 0 Å². The number of carbonyl (C=O) groups is 1. The van der Waals surface area contributed by atoms with Gasteiger partial charge in [-0.05, 0) is 31.4 Å². The average molecular weight is 324 g/mol. The van der Waals surface area contributed by atoms with Gasteiger partial charge in [0.1, 0.15) is 0 Å². The maximum absolute atomic E-state index is 12.6. The van der Waals surface area contributed by atoms with Crippen LogP contribution >= 0.6 is 0 Å². The van der Waals surface area contributed by atoms with Gasteiger partial charge >= 0.3 is 0 Å². The fourth-order valence-electron chi connectivity index (χ4n) is 3.21. The highest BCUT2D eigenvalue weighted by molar-refractivity contribution is 5.93. The second kappa shape index (κ2) is 6.07. The minimum absolute atomic E-state index is 0.00820. The van der Waals surface area contributed by atoms with Gasteiger partial charge < -0.3 is 9.80 Å². The van der Waals surface area contributed by atoms with Crippen LogP contribution in [0.25, 0.3) is 11.3 Å². The van der Waals surface area contributed by atoms with Crippen LogP contribution < -0.4 is 0 Å². The van der Waals surface area contributed by atoms with Gasteiger partial charge in [0, 0.05) is 30.9 Å². The molecule has 1 saturated heterocycles. The fraction of sp³-hybridized carbons (Fsp3) is 0.412. The van der Waals surface area contributed by atoms with E-state index in [-0.39, 0.29) is 5.91 Å². The number of aromatic nitrogens is 4. The van der Waals surface area contributed by atoms with E-state index in [0.29, 0.717) is 24.8 Å². The van der Waals surface area contributed by atoms with Crippen molar-refractivity contribution in [3.05, 3.63) is 42.5 Å². The number of piperazine rings is 1. The maximum atomic E-state index is 12.6. The topological polar surface area (TPSA) is 78.0 Å². The number of aromatic amines is 1. The van der Waals surface area contributed by atoms with Crippen LogP contribution in [0.2, 0.25) is 0 Å². The van der Waals surface area contributed by atoms with E-state index in [4.69, 9.17) is 0 Å². The molecular weight excluding hydrogens is 304 g/mol. The first-order valence-electron chi connectivity index (χ1n) is 8.29. The molecule has 1 N–H and O–H groups in total. The molecule has 1 saturated carbocycles. The maximum Gasteiger partial charge on any atom is 0.269 e. The highest BCUT2D eigenvalue weighted by Gasteiger charge is 2.34. The van der Waals surface area contributed by atoms with Gasteiger partial charge in [0.2, 0.25) is 0 Å². The van der Waals surface area contributed by atoms with Crippen molar-refractivity contribution in [2.45, 2.75) is 31.8 Å².